The van der Waals surface area contributed by atoms with Gasteiger partial charge >= 0.3 is 6.61 Å². The highest BCUT2D eigenvalue weighted by molar-refractivity contribution is 7.99. The van der Waals surface area contributed by atoms with Crippen molar-refractivity contribution in [3.05, 3.63) is 18.2 Å². The number of nitrogens with one attached hydrogen (secondary N) is 1. The van der Waals surface area contributed by atoms with E-state index in [9.17, 15) is 8.78 Å². The summed E-state index contributed by atoms with van der Waals surface area (Å²) in [6.07, 6.45) is 2.18. The average Bonchev–Trinajstić information content (AvgIpc) is 2.41. The van der Waals surface area contributed by atoms with Crippen LogP contribution in [0.2, 0.25) is 0 Å². The monoisotopic (exact) mass is 289 g/mol. The molecule has 0 saturated carbocycles. The second-order valence-corrected chi connectivity index (χ2v) is 5.45. The number of benzene rings is 1. The van der Waals surface area contributed by atoms with Crippen LogP contribution in [-0.4, -0.2) is 31.3 Å². The van der Waals surface area contributed by atoms with Gasteiger partial charge in [-0.3, -0.25) is 0 Å². The number of alkyl halides is 2. The lowest BCUT2D eigenvalue weighted by Gasteiger charge is -2.25. The van der Waals surface area contributed by atoms with Gasteiger partial charge in [0.1, 0.15) is 11.5 Å². The van der Waals surface area contributed by atoms with Gasteiger partial charge in [0.15, 0.2) is 0 Å². The molecule has 2 rings (SSSR count). The van der Waals surface area contributed by atoms with Crippen LogP contribution < -0.4 is 14.8 Å². The van der Waals surface area contributed by atoms with Gasteiger partial charge in [0.05, 0.1) is 12.8 Å². The van der Waals surface area contributed by atoms with Gasteiger partial charge in [0, 0.05) is 17.9 Å². The quantitative estimate of drug-likeness (QED) is 0.897. The lowest BCUT2D eigenvalue weighted by atomic mass is 10.1. The first-order valence-electron chi connectivity index (χ1n) is 6.16. The molecule has 3 nitrogen and oxygen atoms in total. The third kappa shape index (κ3) is 4.16. The Labute approximate surface area is 115 Å². The van der Waals surface area contributed by atoms with Gasteiger partial charge in [-0.25, -0.2) is 0 Å². The number of methoxy groups -OCH3 is 1. The summed E-state index contributed by atoms with van der Waals surface area (Å²) in [5.41, 5.74) is 0.562. The van der Waals surface area contributed by atoms with Crippen molar-refractivity contribution in [2.24, 2.45) is 0 Å². The standard InChI is InChI=1S/C13H17F2NO2S/c1-17-10-4-5-12(18-13(14)15)11(7-10)16-9-3-2-6-19-8-9/h4-5,7,9,13,16H,2-3,6,8H2,1H3. The zero-order chi connectivity index (χ0) is 13.7. The van der Waals surface area contributed by atoms with E-state index in [1.807, 2.05) is 11.8 Å². The summed E-state index contributed by atoms with van der Waals surface area (Å²) in [6.45, 7) is -2.82. The molecular weight excluding hydrogens is 272 g/mol. The van der Waals surface area contributed by atoms with Gasteiger partial charge in [-0.2, -0.15) is 20.5 Å². The van der Waals surface area contributed by atoms with E-state index in [4.69, 9.17) is 4.74 Å². The van der Waals surface area contributed by atoms with Crippen molar-refractivity contribution in [1.29, 1.82) is 0 Å². The molecular formula is C13H17F2NO2S. The van der Waals surface area contributed by atoms with Gasteiger partial charge in [-0.05, 0) is 30.7 Å². The van der Waals surface area contributed by atoms with E-state index in [1.165, 1.54) is 6.07 Å². The number of ether oxygens (including phenoxy) is 2. The molecule has 106 valence electrons. The molecule has 1 N–H and O–H groups in total. The number of hydrogen-bond donors (Lipinski definition) is 1. The van der Waals surface area contributed by atoms with Crippen molar-refractivity contribution in [2.75, 3.05) is 23.9 Å². The first-order valence-corrected chi connectivity index (χ1v) is 7.31. The van der Waals surface area contributed by atoms with E-state index >= 15 is 0 Å². The maximum Gasteiger partial charge on any atom is 0.387 e. The minimum atomic E-state index is -2.82. The van der Waals surface area contributed by atoms with Crippen molar-refractivity contribution in [1.82, 2.24) is 0 Å². The van der Waals surface area contributed by atoms with Crippen molar-refractivity contribution >= 4 is 17.4 Å². The van der Waals surface area contributed by atoms with Crippen LogP contribution >= 0.6 is 11.8 Å². The van der Waals surface area contributed by atoms with Gasteiger partial charge in [0.25, 0.3) is 0 Å². The van der Waals surface area contributed by atoms with E-state index in [-0.39, 0.29) is 11.8 Å². The van der Waals surface area contributed by atoms with Gasteiger partial charge < -0.3 is 14.8 Å². The van der Waals surface area contributed by atoms with Gasteiger partial charge in [0.2, 0.25) is 0 Å². The van der Waals surface area contributed by atoms with Crippen LogP contribution in [-0.2, 0) is 0 Å². The number of anilines is 1. The average molecular weight is 289 g/mol. The van der Waals surface area contributed by atoms with E-state index in [2.05, 4.69) is 10.1 Å². The van der Waals surface area contributed by atoms with Crippen LogP contribution in [0.4, 0.5) is 14.5 Å². The fourth-order valence-electron chi connectivity index (χ4n) is 2.02. The van der Waals surface area contributed by atoms with E-state index < -0.39 is 6.61 Å². The Morgan fingerprint density at radius 2 is 2.26 bits per heavy atom. The summed E-state index contributed by atoms with van der Waals surface area (Å²) in [5, 5.41) is 3.27. The highest BCUT2D eigenvalue weighted by atomic mass is 32.2. The molecule has 0 radical (unpaired) electrons. The summed E-state index contributed by atoms with van der Waals surface area (Å²) < 4.78 is 34.4. The first kappa shape index (κ1) is 14.2. The fourth-order valence-corrected chi connectivity index (χ4v) is 3.09. The second kappa shape index (κ2) is 6.84. The Balaban J connectivity index is 2.13. The molecule has 0 amide bonds. The van der Waals surface area contributed by atoms with Crippen molar-refractivity contribution < 1.29 is 18.3 Å². The molecule has 1 aliphatic heterocycles. The van der Waals surface area contributed by atoms with Crippen LogP contribution in [0, 0.1) is 0 Å². The van der Waals surface area contributed by atoms with E-state index in [0.717, 1.165) is 24.3 Å². The second-order valence-electron chi connectivity index (χ2n) is 4.30. The minimum Gasteiger partial charge on any atom is -0.497 e. The predicted molar refractivity (Wildman–Crippen MR) is 73.6 cm³/mol. The molecule has 19 heavy (non-hydrogen) atoms. The summed E-state index contributed by atoms with van der Waals surface area (Å²) in [7, 11) is 1.54. The maximum absolute atomic E-state index is 12.4. The van der Waals surface area contributed by atoms with E-state index in [1.54, 1.807) is 19.2 Å². The lowest BCUT2D eigenvalue weighted by Crippen LogP contribution is -2.26. The van der Waals surface area contributed by atoms with Crippen molar-refractivity contribution in [3.63, 3.8) is 0 Å². The fraction of sp³-hybridized carbons (Fsp3) is 0.538. The smallest absolute Gasteiger partial charge is 0.387 e. The van der Waals surface area contributed by atoms with Crippen LogP contribution in [0.25, 0.3) is 0 Å². The number of halogens is 2. The Kier molecular flexibility index (Phi) is 5.13. The third-order valence-corrected chi connectivity index (χ3v) is 4.14. The highest BCUT2D eigenvalue weighted by Crippen LogP contribution is 2.32. The third-order valence-electron chi connectivity index (χ3n) is 2.92. The largest absolute Gasteiger partial charge is 0.497 e. The molecule has 1 aliphatic rings. The Morgan fingerprint density at radius 1 is 1.42 bits per heavy atom. The van der Waals surface area contributed by atoms with Gasteiger partial charge in [-0.15, -0.1) is 0 Å². The molecule has 1 heterocycles. The Bertz CT molecular complexity index is 412. The number of rotatable bonds is 5. The van der Waals surface area contributed by atoms with E-state index in [0.29, 0.717) is 11.4 Å². The highest BCUT2D eigenvalue weighted by Gasteiger charge is 2.17. The zero-order valence-electron chi connectivity index (χ0n) is 10.7. The Hall–Kier alpha value is -1.17. The number of thioether (sulfide) groups is 1. The SMILES string of the molecule is COc1ccc(OC(F)F)c(NC2CCCSC2)c1. The Morgan fingerprint density at radius 3 is 2.89 bits per heavy atom. The topological polar surface area (TPSA) is 30.5 Å². The molecule has 0 bridgehead atoms. The molecule has 1 aromatic rings. The molecule has 0 aliphatic carbocycles. The van der Waals surface area contributed by atoms with Crippen LogP contribution in [0.3, 0.4) is 0 Å². The molecule has 1 aromatic carbocycles. The number of hydrogen-bond acceptors (Lipinski definition) is 4. The first-order chi connectivity index (χ1) is 9.19. The van der Waals surface area contributed by atoms with Crippen molar-refractivity contribution in [2.45, 2.75) is 25.5 Å². The molecule has 1 unspecified atom stereocenters. The maximum atomic E-state index is 12.4. The lowest BCUT2D eigenvalue weighted by molar-refractivity contribution is -0.0494. The summed E-state index contributed by atoms with van der Waals surface area (Å²) in [6, 6.07) is 5.09. The molecule has 0 spiro atoms. The molecule has 1 fully saturated rings. The predicted octanol–water partition coefficient (Wildman–Crippen LogP) is 3.60. The van der Waals surface area contributed by atoms with Crippen LogP contribution in [0.15, 0.2) is 18.2 Å². The van der Waals surface area contributed by atoms with Crippen LogP contribution in [0.5, 0.6) is 11.5 Å². The summed E-state index contributed by atoms with van der Waals surface area (Å²) in [4.78, 5) is 0. The molecule has 6 heteroatoms. The molecule has 0 aromatic heterocycles. The molecule has 1 saturated heterocycles. The van der Waals surface area contributed by atoms with Crippen LogP contribution in [0.1, 0.15) is 12.8 Å². The van der Waals surface area contributed by atoms with Gasteiger partial charge in [-0.1, -0.05) is 0 Å². The summed E-state index contributed by atoms with van der Waals surface area (Å²) >= 11 is 1.87. The van der Waals surface area contributed by atoms with Crippen molar-refractivity contribution in [3.8, 4) is 11.5 Å². The normalized spacial score (nSPS) is 19.3. The minimum absolute atomic E-state index is 0.159. The zero-order valence-corrected chi connectivity index (χ0v) is 11.5. The summed E-state index contributed by atoms with van der Waals surface area (Å²) in [5.74, 6) is 2.92. The molecule has 1 atom stereocenters.